The fourth-order valence-corrected chi connectivity index (χ4v) is 3.13. The van der Waals surface area contributed by atoms with E-state index in [4.69, 9.17) is 0 Å². The summed E-state index contributed by atoms with van der Waals surface area (Å²) in [7, 11) is 0. The van der Waals surface area contributed by atoms with E-state index in [1.807, 2.05) is 11.8 Å². The number of anilines is 2. The third-order valence-electron chi connectivity index (χ3n) is 4.27. The van der Waals surface area contributed by atoms with Gasteiger partial charge in [-0.05, 0) is 30.5 Å². The first-order valence-corrected chi connectivity index (χ1v) is 7.68. The first kappa shape index (κ1) is 13.4. The maximum atomic E-state index is 12.1. The molecule has 2 aliphatic heterocycles. The van der Waals surface area contributed by atoms with Gasteiger partial charge in [0, 0.05) is 50.5 Å². The molecule has 0 atom stereocenters. The zero-order valence-corrected chi connectivity index (χ0v) is 12.2. The number of fused-ring (bicyclic) bond motifs is 1. The standard InChI is InChI=1S/C16H23N3O/c1-2-16(20)19-9-3-4-13-5-6-14(12-15(13)19)18-10-7-17-8-11-18/h5-6,12,17H,2-4,7-11H2,1H3. The van der Waals surface area contributed by atoms with Gasteiger partial charge in [-0.2, -0.15) is 0 Å². The van der Waals surface area contributed by atoms with Crippen molar-refractivity contribution in [2.24, 2.45) is 0 Å². The van der Waals surface area contributed by atoms with Crippen LogP contribution < -0.4 is 15.1 Å². The van der Waals surface area contributed by atoms with Gasteiger partial charge in [-0.25, -0.2) is 0 Å². The molecular weight excluding hydrogens is 250 g/mol. The van der Waals surface area contributed by atoms with Crippen LogP contribution in [0.3, 0.4) is 0 Å². The van der Waals surface area contributed by atoms with Gasteiger partial charge in [-0.3, -0.25) is 4.79 Å². The van der Waals surface area contributed by atoms with Gasteiger partial charge in [0.25, 0.3) is 0 Å². The molecule has 4 heteroatoms. The lowest BCUT2D eigenvalue weighted by atomic mass is 10.0. The van der Waals surface area contributed by atoms with Gasteiger partial charge < -0.3 is 15.1 Å². The number of amides is 1. The molecule has 1 aromatic rings. The molecule has 0 bridgehead atoms. The molecule has 0 unspecified atom stereocenters. The minimum Gasteiger partial charge on any atom is -0.369 e. The van der Waals surface area contributed by atoms with Crippen molar-refractivity contribution in [1.82, 2.24) is 5.32 Å². The third-order valence-corrected chi connectivity index (χ3v) is 4.27. The van der Waals surface area contributed by atoms with Crippen LogP contribution in [0.5, 0.6) is 0 Å². The number of benzene rings is 1. The maximum Gasteiger partial charge on any atom is 0.226 e. The Morgan fingerprint density at radius 2 is 2.05 bits per heavy atom. The minimum atomic E-state index is 0.239. The number of rotatable bonds is 2. The van der Waals surface area contributed by atoms with Crippen molar-refractivity contribution in [3.05, 3.63) is 23.8 Å². The van der Waals surface area contributed by atoms with Crippen LogP contribution in [0.15, 0.2) is 18.2 Å². The largest absolute Gasteiger partial charge is 0.369 e. The van der Waals surface area contributed by atoms with Gasteiger partial charge in [0.05, 0.1) is 0 Å². The molecule has 1 aromatic carbocycles. The monoisotopic (exact) mass is 273 g/mol. The van der Waals surface area contributed by atoms with E-state index >= 15 is 0 Å². The highest BCUT2D eigenvalue weighted by molar-refractivity contribution is 5.95. The second-order valence-corrected chi connectivity index (χ2v) is 5.55. The normalized spacial score (nSPS) is 18.9. The van der Waals surface area contributed by atoms with Crippen molar-refractivity contribution in [3.8, 4) is 0 Å². The van der Waals surface area contributed by atoms with E-state index in [1.165, 1.54) is 11.3 Å². The lowest BCUT2D eigenvalue weighted by Gasteiger charge is -2.33. The summed E-state index contributed by atoms with van der Waals surface area (Å²) in [6.07, 6.45) is 2.74. The molecule has 2 aliphatic rings. The number of nitrogens with one attached hydrogen (secondary N) is 1. The van der Waals surface area contributed by atoms with Crippen LogP contribution in [0.2, 0.25) is 0 Å². The summed E-state index contributed by atoms with van der Waals surface area (Å²) in [4.78, 5) is 16.5. The predicted molar refractivity (Wildman–Crippen MR) is 82.5 cm³/mol. The molecule has 1 saturated heterocycles. The molecule has 4 nitrogen and oxygen atoms in total. The van der Waals surface area contributed by atoms with Crippen molar-refractivity contribution in [2.45, 2.75) is 26.2 Å². The van der Waals surface area contributed by atoms with Gasteiger partial charge in [-0.15, -0.1) is 0 Å². The van der Waals surface area contributed by atoms with E-state index in [1.54, 1.807) is 0 Å². The number of hydrogen-bond donors (Lipinski definition) is 1. The average Bonchev–Trinajstić information content (AvgIpc) is 2.54. The van der Waals surface area contributed by atoms with E-state index < -0.39 is 0 Å². The van der Waals surface area contributed by atoms with Gasteiger partial charge >= 0.3 is 0 Å². The Bertz CT molecular complexity index is 494. The summed E-state index contributed by atoms with van der Waals surface area (Å²) in [5.41, 5.74) is 3.71. The molecule has 0 aliphatic carbocycles. The number of aryl methyl sites for hydroxylation is 1. The van der Waals surface area contributed by atoms with Gasteiger partial charge in [0.2, 0.25) is 5.91 Å². The van der Waals surface area contributed by atoms with Crippen molar-refractivity contribution in [2.75, 3.05) is 42.5 Å². The van der Waals surface area contributed by atoms with Crippen molar-refractivity contribution >= 4 is 17.3 Å². The van der Waals surface area contributed by atoms with Crippen LogP contribution >= 0.6 is 0 Å². The molecule has 20 heavy (non-hydrogen) atoms. The van der Waals surface area contributed by atoms with Crippen LogP contribution in [0.1, 0.15) is 25.3 Å². The highest BCUT2D eigenvalue weighted by Crippen LogP contribution is 2.32. The van der Waals surface area contributed by atoms with E-state index in [0.29, 0.717) is 6.42 Å². The fraction of sp³-hybridized carbons (Fsp3) is 0.562. The van der Waals surface area contributed by atoms with E-state index in [0.717, 1.165) is 51.3 Å². The molecule has 0 saturated carbocycles. The molecule has 1 N–H and O–H groups in total. The number of hydrogen-bond acceptors (Lipinski definition) is 3. The summed E-state index contributed by atoms with van der Waals surface area (Å²) >= 11 is 0. The average molecular weight is 273 g/mol. The lowest BCUT2D eigenvalue weighted by Crippen LogP contribution is -2.43. The van der Waals surface area contributed by atoms with Crippen molar-refractivity contribution < 1.29 is 4.79 Å². The first-order valence-electron chi connectivity index (χ1n) is 7.68. The van der Waals surface area contributed by atoms with Crippen LogP contribution in [0, 0.1) is 0 Å². The maximum absolute atomic E-state index is 12.1. The zero-order valence-electron chi connectivity index (χ0n) is 12.2. The molecule has 108 valence electrons. The lowest BCUT2D eigenvalue weighted by molar-refractivity contribution is -0.118. The number of piperazine rings is 1. The minimum absolute atomic E-state index is 0.239. The Kier molecular flexibility index (Phi) is 3.92. The summed E-state index contributed by atoms with van der Waals surface area (Å²) in [6.45, 7) is 6.96. The third kappa shape index (κ3) is 2.52. The smallest absolute Gasteiger partial charge is 0.226 e. The highest BCUT2D eigenvalue weighted by Gasteiger charge is 2.22. The Hall–Kier alpha value is -1.55. The van der Waals surface area contributed by atoms with Crippen molar-refractivity contribution in [1.29, 1.82) is 0 Å². The Morgan fingerprint density at radius 3 is 2.80 bits per heavy atom. The second-order valence-electron chi connectivity index (χ2n) is 5.55. The highest BCUT2D eigenvalue weighted by atomic mass is 16.2. The van der Waals surface area contributed by atoms with Crippen molar-refractivity contribution in [3.63, 3.8) is 0 Å². The van der Waals surface area contributed by atoms with Crippen LogP contribution in [0.25, 0.3) is 0 Å². The van der Waals surface area contributed by atoms with E-state index in [-0.39, 0.29) is 5.91 Å². The second kappa shape index (κ2) is 5.83. The quantitative estimate of drug-likeness (QED) is 0.892. The molecule has 0 radical (unpaired) electrons. The van der Waals surface area contributed by atoms with E-state index in [2.05, 4.69) is 28.4 Å². The summed E-state index contributed by atoms with van der Waals surface area (Å²) in [6, 6.07) is 6.64. The predicted octanol–water partition coefficient (Wildman–Crippen LogP) is 1.79. The Balaban J connectivity index is 1.90. The van der Waals surface area contributed by atoms with Gasteiger partial charge in [0.15, 0.2) is 0 Å². The van der Waals surface area contributed by atoms with Crippen LogP contribution in [-0.2, 0) is 11.2 Å². The molecule has 1 amide bonds. The zero-order chi connectivity index (χ0) is 13.9. The summed E-state index contributed by atoms with van der Waals surface area (Å²) in [5, 5.41) is 3.38. The number of nitrogens with zero attached hydrogens (tertiary/aromatic N) is 2. The van der Waals surface area contributed by atoms with E-state index in [9.17, 15) is 4.79 Å². The molecule has 0 spiro atoms. The first-order chi connectivity index (χ1) is 9.79. The van der Waals surface area contributed by atoms with Gasteiger partial charge in [0.1, 0.15) is 0 Å². The topological polar surface area (TPSA) is 35.6 Å². The number of carbonyl (C=O) groups excluding carboxylic acids is 1. The number of carbonyl (C=O) groups is 1. The fourth-order valence-electron chi connectivity index (χ4n) is 3.13. The molecule has 3 rings (SSSR count). The molecule has 1 fully saturated rings. The van der Waals surface area contributed by atoms with Gasteiger partial charge in [-0.1, -0.05) is 13.0 Å². The Labute approximate surface area is 120 Å². The van der Waals surface area contributed by atoms with Crippen LogP contribution in [-0.4, -0.2) is 38.6 Å². The molecular formula is C16H23N3O. The summed E-state index contributed by atoms with van der Waals surface area (Å²) < 4.78 is 0. The SMILES string of the molecule is CCC(=O)N1CCCc2ccc(N3CCNCC3)cc21. The molecule has 2 heterocycles. The van der Waals surface area contributed by atoms with Crippen LogP contribution in [0.4, 0.5) is 11.4 Å². The summed E-state index contributed by atoms with van der Waals surface area (Å²) in [5.74, 6) is 0.239. The molecule has 0 aromatic heterocycles. The Morgan fingerprint density at radius 1 is 1.25 bits per heavy atom.